The topological polar surface area (TPSA) is 48.1 Å². The standard InChI is InChI=1S/C15H21N3O/c1-3-18(2)9-8-16-11-12-10-15(19)17-14-7-5-4-6-13(12)14/h4-7,10,16H,3,8-9,11H2,1-2H3,(H,17,19). The Balaban J connectivity index is 2.06. The van der Waals surface area contributed by atoms with Gasteiger partial charge in [-0.2, -0.15) is 0 Å². The molecule has 0 fully saturated rings. The van der Waals surface area contributed by atoms with Crippen LogP contribution in [-0.2, 0) is 6.54 Å². The van der Waals surface area contributed by atoms with E-state index < -0.39 is 0 Å². The first-order valence-electron chi connectivity index (χ1n) is 6.71. The van der Waals surface area contributed by atoms with Crippen LogP contribution in [-0.4, -0.2) is 36.6 Å². The second kappa shape index (κ2) is 6.50. The molecule has 0 radical (unpaired) electrons. The fourth-order valence-electron chi connectivity index (χ4n) is 2.07. The van der Waals surface area contributed by atoms with E-state index in [2.05, 4.69) is 29.2 Å². The summed E-state index contributed by atoms with van der Waals surface area (Å²) < 4.78 is 0. The summed E-state index contributed by atoms with van der Waals surface area (Å²) >= 11 is 0. The molecule has 0 spiro atoms. The second-order valence-corrected chi connectivity index (χ2v) is 4.78. The third kappa shape index (κ3) is 3.66. The average Bonchev–Trinajstić information content (AvgIpc) is 2.42. The Hall–Kier alpha value is -1.65. The van der Waals surface area contributed by atoms with E-state index in [-0.39, 0.29) is 5.56 Å². The molecule has 0 atom stereocenters. The summed E-state index contributed by atoms with van der Waals surface area (Å²) in [7, 11) is 2.10. The fourth-order valence-corrected chi connectivity index (χ4v) is 2.07. The van der Waals surface area contributed by atoms with Gasteiger partial charge in [-0.15, -0.1) is 0 Å². The highest BCUT2D eigenvalue weighted by Crippen LogP contribution is 2.13. The number of nitrogens with zero attached hydrogens (tertiary/aromatic N) is 1. The zero-order valence-electron chi connectivity index (χ0n) is 11.6. The van der Waals surface area contributed by atoms with Crippen LogP contribution < -0.4 is 10.9 Å². The molecule has 0 unspecified atom stereocenters. The van der Waals surface area contributed by atoms with Gasteiger partial charge in [0.25, 0.3) is 0 Å². The largest absolute Gasteiger partial charge is 0.322 e. The number of likely N-dealkylation sites (N-methyl/N-ethyl adjacent to an activating group) is 1. The van der Waals surface area contributed by atoms with E-state index in [9.17, 15) is 4.79 Å². The molecule has 1 aromatic heterocycles. The first-order valence-corrected chi connectivity index (χ1v) is 6.71. The third-order valence-electron chi connectivity index (χ3n) is 3.36. The number of fused-ring (bicyclic) bond motifs is 1. The third-order valence-corrected chi connectivity index (χ3v) is 3.36. The van der Waals surface area contributed by atoms with Crippen LogP contribution in [0.15, 0.2) is 35.1 Å². The summed E-state index contributed by atoms with van der Waals surface area (Å²) in [6, 6.07) is 9.59. The number of hydrogen-bond donors (Lipinski definition) is 2. The van der Waals surface area contributed by atoms with Crippen molar-refractivity contribution in [2.75, 3.05) is 26.7 Å². The number of aromatic nitrogens is 1. The molecule has 4 nitrogen and oxygen atoms in total. The van der Waals surface area contributed by atoms with E-state index in [1.54, 1.807) is 6.07 Å². The van der Waals surface area contributed by atoms with E-state index in [0.29, 0.717) is 0 Å². The summed E-state index contributed by atoms with van der Waals surface area (Å²) in [6.45, 7) is 5.85. The predicted molar refractivity (Wildman–Crippen MR) is 79.4 cm³/mol. The van der Waals surface area contributed by atoms with E-state index >= 15 is 0 Å². The minimum Gasteiger partial charge on any atom is -0.322 e. The van der Waals surface area contributed by atoms with Crippen molar-refractivity contribution in [3.8, 4) is 0 Å². The number of aromatic amines is 1. The molecule has 4 heteroatoms. The first kappa shape index (κ1) is 13.8. The van der Waals surface area contributed by atoms with Gasteiger partial charge in [-0.3, -0.25) is 4.79 Å². The lowest BCUT2D eigenvalue weighted by molar-refractivity contribution is 0.349. The number of para-hydroxylation sites is 1. The van der Waals surface area contributed by atoms with Crippen LogP contribution in [0.5, 0.6) is 0 Å². The summed E-state index contributed by atoms with van der Waals surface area (Å²) in [5.41, 5.74) is 1.91. The molecule has 0 saturated carbocycles. The molecule has 0 bridgehead atoms. The Labute approximate surface area is 113 Å². The number of rotatable bonds is 6. The van der Waals surface area contributed by atoms with Crippen molar-refractivity contribution in [1.29, 1.82) is 0 Å². The highest BCUT2D eigenvalue weighted by Gasteiger charge is 2.02. The molecule has 0 aliphatic carbocycles. The van der Waals surface area contributed by atoms with Crippen molar-refractivity contribution < 1.29 is 0 Å². The summed E-state index contributed by atoms with van der Waals surface area (Å²) in [4.78, 5) is 16.7. The zero-order valence-corrected chi connectivity index (χ0v) is 11.6. The van der Waals surface area contributed by atoms with Crippen LogP contribution in [0.1, 0.15) is 12.5 Å². The highest BCUT2D eigenvalue weighted by molar-refractivity contribution is 5.81. The van der Waals surface area contributed by atoms with Crippen molar-refractivity contribution in [2.45, 2.75) is 13.5 Å². The number of hydrogen-bond acceptors (Lipinski definition) is 3. The summed E-state index contributed by atoms with van der Waals surface area (Å²) in [6.07, 6.45) is 0. The summed E-state index contributed by atoms with van der Waals surface area (Å²) in [5.74, 6) is 0. The molecule has 1 aromatic carbocycles. The lowest BCUT2D eigenvalue weighted by Gasteiger charge is -2.14. The number of benzene rings is 1. The number of nitrogens with one attached hydrogen (secondary N) is 2. The Morgan fingerprint density at radius 3 is 2.89 bits per heavy atom. The van der Waals surface area contributed by atoms with E-state index in [1.165, 1.54) is 0 Å². The van der Waals surface area contributed by atoms with Gasteiger partial charge < -0.3 is 15.2 Å². The molecule has 0 amide bonds. The van der Waals surface area contributed by atoms with Crippen molar-refractivity contribution in [2.24, 2.45) is 0 Å². The zero-order chi connectivity index (χ0) is 13.7. The van der Waals surface area contributed by atoms with E-state index in [0.717, 1.165) is 42.6 Å². The molecule has 1 heterocycles. The van der Waals surface area contributed by atoms with Crippen LogP contribution >= 0.6 is 0 Å². The van der Waals surface area contributed by atoms with Crippen molar-refractivity contribution in [1.82, 2.24) is 15.2 Å². The molecule has 0 aliphatic rings. The van der Waals surface area contributed by atoms with Crippen LogP contribution in [0.4, 0.5) is 0 Å². The van der Waals surface area contributed by atoms with Crippen LogP contribution in [0.25, 0.3) is 10.9 Å². The molecule has 102 valence electrons. The minimum absolute atomic E-state index is 0.0406. The molecular formula is C15H21N3O. The Morgan fingerprint density at radius 1 is 1.32 bits per heavy atom. The van der Waals surface area contributed by atoms with Crippen LogP contribution in [0.3, 0.4) is 0 Å². The van der Waals surface area contributed by atoms with Crippen LogP contribution in [0.2, 0.25) is 0 Å². The molecule has 2 N–H and O–H groups in total. The highest BCUT2D eigenvalue weighted by atomic mass is 16.1. The van der Waals surface area contributed by atoms with E-state index in [4.69, 9.17) is 0 Å². The van der Waals surface area contributed by atoms with Gasteiger partial charge in [0.05, 0.1) is 0 Å². The van der Waals surface area contributed by atoms with Crippen molar-refractivity contribution in [3.63, 3.8) is 0 Å². The molecular weight excluding hydrogens is 238 g/mol. The first-order chi connectivity index (χ1) is 9.20. The van der Waals surface area contributed by atoms with Gasteiger partial charge in [0.1, 0.15) is 0 Å². The minimum atomic E-state index is -0.0406. The molecule has 0 aliphatic heterocycles. The van der Waals surface area contributed by atoms with Crippen molar-refractivity contribution in [3.05, 3.63) is 46.2 Å². The van der Waals surface area contributed by atoms with E-state index in [1.807, 2.05) is 24.3 Å². The Kier molecular flexibility index (Phi) is 4.71. The maximum Gasteiger partial charge on any atom is 0.248 e. The lowest BCUT2D eigenvalue weighted by atomic mass is 10.1. The number of H-pyrrole nitrogens is 1. The number of pyridine rings is 1. The quantitative estimate of drug-likeness (QED) is 0.774. The van der Waals surface area contributed by atoms with Gasteiger partial charge >= 0.3 is 0 Å². The Morgan fingerprint density at radius 2 is 2.11 bits per heavy atom. The lowest BCUT2D eigenvalue weighted by Crippen LogP contribution is -2.29. The summed E-state index contributed by atoms with van der Waals surface area (Å²) in [5, 5.41) is 4.50. The molecule has 0 saturated heterocycles. The smallest absolute Gasteiger partial charge is 0.248 e. The maximum absolute atomic E-state index is 11.6. The average molecular weight is 259 g/mol. The van der Waals surface area contributed by atoms with Gasteiger partial charge in [0.2, 0.25) is 5.56 Å². The molecule has 2 rings (SSSR count). The normalized spacial score (nSPS) is 11.3. The van der Waals surface area contributed by atoms with Gasteiger partial charge in [0, 0.05) is 36.6 Å². The van der Waals surface area contributed by atoms with Gasteiger partial charge in [-0.05, 0) is 25.2 Å². The Bertz CT molecular complexity index is 591. The van der Waals surface area contributed by atoms with Crippen LogP contribution in [0, 0.1) is 0 Å². The SMILES string of the molecule is CCN(C)CCNCc1cc(=O)[nH]c2ccccc12. The maximum atomic E-state index is 11.6. The molecule has 2 aromatic rings. The van der Waals surface area contributed by atoms with Gasteiger partial charge in [0.15, 0.2) is 0 Å². The van der Waals surface area contributed by atoms with Gasteiger partial charge in [-0.1, -0.05) is 25.1 Å². The monoisotopic (exact) mass is 259 g/mol. The predicted octanol–water partition coefficient (Wildman–Crippen LogP) is 1.57. The fraction of sp³-hybridized carbons (Fsp3) is 0.400. The second-order valence-electron chi connectivity index (χ2n) is 4.78. The van der Waals surface area contributed by atoms with Gasteiger partial charge in [-0.25, -0.2) is 0 Å². The van der Waals surface area contributed by atoms with Crippen molar-refractivity contribution >= 4 is 10.9 Å². The molecule has 19 heavy (non-hydrogen) atoms.